The van der Waals surface area contributed by atoms with Gasteiger partial charge in [0.1, 0.15) is 5.82 Å². The van der Waals surface area contributed by atoms with Crippen LogP contribution < -0.4 is 5.32 Å². The number of benzene rings is 1. The van der Waals surface area contributed by atoms with E-state index in [9.17, 15) is 4.39 Å². The summed E-state index contributed by atoms with van der Waals surface area (Å²) in [4.78, 5) is 0. The van der Waals surface area contributed by atoms with Crippen LogP contribution in [0.2, 0.25) is 0 Å². The summed E-state index contributed by atoms with van der Waals surface area (Å²) in [6.45, 7) is 0.0665. The van der Waals surface area contributed by atoms with Gasteiger partial charge in [0, 0.05) is 11.7 Å². The number of rotatable bonds is 6. The van der Waals surface area contributed by atoms with Crippen molar-refractivity contribution in [2.75, 3.05) is 23.9 Å². The molecule has 0 aliphatic rings. The van der Waals surface area contributed by atoms with Crippen molar-refractivity contribution >= 4 is 17.4 Å². The van der Waals surface area contributed by atoms with Crippen molar-refractivity contribution in [2.24, 2.45) is 0 Å². The SMILES string of the molecule is CSCCC(CO)Nc1cccc(F)c1. The molecule has 1 aromatic carbocycles. The Morgan fingerprint density at radius 2 is 2.33 bits per heavy atom. The van der Waals surface area contributed by atoms with Gasteiger partial charge < -0.3 is 10.4 Å². The predicted octanol–water partition coefficient (Wildman–Crippen LogP) is 2.35. The number of anilines is 1. The largest absolute Gasteiger partial charge is 0.394 e. The summed E-state index contributed by atoms with van der Waals surface area (Å²) in [5, 5.41) is 12.2. The fourth-order valence-electron chi connectivity index (χ4n) is 1.28. The zero-order valence-corrected chi connectivity index (χ0v) is 9.56. The molecule has 0 radical (unpaired) electrons. The first-order valence-electron chi connectivity index (χ1n) is 4.88. The number of hydrogen-bond acceptors (Lipinski definition) is 3. The van der Waals surface area contributed by atoms with Crippen LogP contribution in [0.5, 0.6) is 0 Å². The van der Waals surface area contributed by atoms with E-state index in [1.54, 1.807) is 23.9 Å². The first kappa shape index (κ1) is 12.3. The van der Waals surface area contributed by atoms with Crippen LogP contribution in [0.3, 0.4) is 0 Å². The van der Waals surface area contributed by atoms with Gasteiger partial charge in [-0.05, 0) is 36.6 Å². The van der Waals surface area contributed by atoms with E-state index < -0.39 is 0 Å². The van der Waals surface area contributed by atoms with Crippen molar-refractivity contribution in [1.29, 1.82) is 0 Å². The molecule has 0 saturated carbocycles. The van der Waals surface area contributed by atoms with E-state index in [2.05, 4.69) is 5.32 Å². The molecule has 0 amide bonds. The molecule has 2 nitrogen and oxygen atoms in total. The van der Waals surface area contributed by atoms with Gasteiger partial charge in [0.15, 0.2) is 0 Å². The maximum atomic E-state index is 12.9. The second-order valence-electron chi connectivity index (χ2n) is 3.32. The van der Waals surface area contributed by atoms with Gasteiger partial charge in [0.05, 0.1) is 6.61 Å². The van der Waals surface area contributed by atoms with Gasteiger partial charge in [-0.25, -0.2) is 4.39 Å². The van der Waals surface area contributed by atoms with Crippen LogP contribution in [0.1, 0.15) is 6.42 Å². The predicted molar refractivity (Wildman–Crippen MR) is 63.9 cm³/mol. The molecule has 1 atom stereocenters. The Bertz CT molecular complexity index is 296. The first-order chi connectivity index (χ1) is 7.26. The molecule has 1 rings (SSSR count). The molecular weight excluding hydrogens is 213 g/mol. The number of aliphatic hydroxyl groups excluding tert-OH is 1. The highest BCUT2D eigenvalue weighted by molar-refractivity contribution is 7.98. The Morgan fingerprint density at radius 1 is 1.53 bits per heavy atom. The zero-order valence-electron chi connectivity index (χ0n) is 8.74. The Kier molecular flexibility index (Phi) is 5.50. The van der Waals surface area contributed by atoms with Crippen LogP contribution in [-0.2, 0) is 0 Å². The molecule has 0 aromatic heterocycles. The minimum absolute atomic E-state index is 0.000694. The highest BCUT2D eigenvalue weighted by atomic mass is 32.2. The van der Waals surface area contributed by atoms with E-state index in [4.69, 9.17) is 5.11 Å². The van der Waals surface area contributed by atoms with E-state index in [0.29, 0.717) is 0 Å². The molecular formula is C11H16FNOS. The normalized spacial score (nSPS) is 12.5. The van der Waals surface area contributed by atoms with Gasteiger partial charge in [-0.15, -0.1) is 0 Å². The highest BCUT2D eigenvalue weighted by Gasteiger charge is 2.06. The van der Waals surface area contributed by atoms with E-state index >= 15 is 0 Å². The average molecular weight is 229 g/mol. The minimum Gasteiger partial charge on any atom is -0.394 e. The Labute approximate surface area is 93.9 Å². The molecule has 15 heavy (non-hydrogen) atoms. The lowest BCUT2D eigenvalue weighted by molar-refractivity contribution is 0.272. The number of halogens is 1. The molecule has 0 aliphatic carbocycles. The molecule has 0 fully saturated rings. The van der Waals surface area contributed by atoms with Gasteiger partial charge in [0.25, 0.3) is 0 Å². The van der Waals surface area contributed by atoms with E-state index in [0.717, 1.165) is 17.9 Å². The van der Waals surface area contributed by atoms with Crippen LogP contribution in [-0.4, -0.2) is 29.8 Å². The summed E-state index contributed by atoms with van der Waals surface area (Å²) >= 11 is 1.73. The topological polar surface area (TPSA) is 32.3 Å². The third-order valence-electron chi connectivity index (χ3n) is 2.09. The number of thioether (sulfide) groups is 1. The van der Waals surface area contributed by atoms with Crippen LogP contribution in [0.25, 0.3) is 0 Å². The van der Waals surface area contributed by atoms with Crippen LogP contribution >= 0.6 is 11.8 Å². The van der Waals surface area contributed by atoms with Crippen molar-refractivity contribution in [3.63, 3.8) is 0 Å². The van der Waals surface area contributed by atoms with Crippen LogP contribution in [0, 0.1) is 5.82 Å². The molecule has 2 N–H and O–H groups in total. The third-order valence-corrected chi connectivity index (χ3v) is 2.73. The van der Waals surface area contributed by atoms with Crippen LogP contribution in [0.4, 0.5) is 10.1 Å². The quantitative estimate of drug-likeness (QED) is 0.785. The average Bonchev–Trinajstić information content (AvgIpc) is 2.24. The van der Waals surface area contributed by atoms with E-state index in [1.165, 1.54) is 12.1 Å². The fraction of sp³-hybridized carbons (Fsp3) is 0.455. The van der Waals surface area contributed by atoms with Crippen molar-refractivity contribution < 1.29 is 9.50 Å². The third kappa shape index (κ3) is 4.53. The van der Waals surface area contributed by atoms with E-state index in [-0.39, 0.29) is 18.5 Å². The molecule has 0 saturated heterocycles. The summed E-state index contributed by atoms with van der Waals surface area (Å²) in [7, 11) is 0. The summed E-state index contributed by atoms with van der Waals surface area (Å²) < 4.78 is 12.9. The molecule has 84 valence electrons. The maximum absolute atomic E-state index is 12.9. The lowest BCUT2D eigenvalue weighted by Gasteiger charge is -2.16. The second kappa shape index (κ2) is 6.69. The smallest absolute Gasteiger partial charge is 0.125 e. The van der Waals surface area contributed by atoms with E-state index in [1.807, 2.05) is 6.26 Å². The lowest BCUT2D eigenvalue weighted by atomic mass is 10.2. The standard InChI is InChI=1S/C11H16FNOS/c1-15-6-5-11(8-14)13-10-4-2-3-9(12)7-10/h2-4,7,11,13-14H,5-6,8H2,1H3. The first-order valence-corrected chi connectivity index (χ1v) is 6.27. The van der Waals surface area contributed by atoms with Crippen molar-refractivity contribution in [3.05, 3.63) is 30.1 Å². The Hall–Kier alpha value is -0.740. The summed E-state index contributed by atoms with van der Waals surface area (Å²) in [5.74, 6) is 0.717. The Morgan fingerprint density at radius 3 is 2.93 bits per heavy atom. The fourth-order valence-corrected chi connectivity index (χ4v) is 1.80. The molecule has 0 aliphatic heterocycles. The monoisotopic (exact) mass is 229 g/mol. The van der Waals surface area contributed by atoms with Gasteiger partial charge in [-0.3, -0.25) is 0 Å². The highest BCUT2D eigenvalue weighted by Crippen LogP contribution is 2.12. The van der Waals surface area contributed by atoms with Gasteiger partial charge in [-0.1, -0.05) is 6.07 Å². The van der Waals surface area contributed by atoms with Crippen molar-refractivity contribution in [3.8, 4) is 0 Å². The van der Waals surface area contributed by atoms with Gasteiger partial charge in [-0.2, -0.15) is 11.8 Å². The molecule has 4 heteroatoms. The number of aliphatic hydroxyl groups is 1. The van der Waals surface area contributed by atoms with Gasteiger partial charge in [0.2, 0.25) is 0 Å². The number of nitrogens with one attached hydrogen (secondary N) is 1. The van der Waals surface area contributed by atoms with Crippen LogP contribution in [0.15, 0.2) is 24.3 Å². The molecule has 1 unspecified atom stereocenters. The lowest BCUT2D eigenvalue weighted by Crippen LogP contribution is -2.24. The molecule has 0 bridgehead atoms. The van der Waals surface area contributed by atoms with Crippen molar-refractivity contribution in [2.45, 2.75) is 12.5 Å². The van der Waals surface area contributed by atoms with Gasteiger partial charge >= 0.3 is 0 Å². The molecule has 0 heterocycles. The zero-order chi connectivity index (χ0) is 11.1. The summed E-state index contributed by atoms with van der Waals surface area (Å²) in [5.41, 5.74) is 0.718. The molecule has 1 aromatic rings. The van der Waals surface area contributed by atoms with Crippen molar-refractivity contribution in [1.82, 2.24) is 0 Å². The Balaban J connectivity index is 2.50. The minimum atomic E-state index is -0.262. The maximum Gasteiger partial charge on any atom is 0.125 e. The summed E-state index contributed by atoms with van der Waals surface area (Å²) in [6.07, 6.45) is 2.89. The summed E-state index contributed by atoms with van der Waals surface area (Å²) in [6, 6.07) is 6.29. The molecule has 0 spiro atoms. The second-order valence-corrected chi connectivity index (χ2v) is 4.30. The number of hydrogen-bond donors (Lipinski definition) is 2.